The van der Waals surface area contributed by atoms with Gasteiger partial charge in [-0.3, -0.25) is 4.99 Å². The fraction of sp³-hybridized carbons (Fsp3) is 0.250. The summed E-state index contributed by atoms with van der Waals surface area (Å²) in [7, 11) is 1.75. The molecule has 2 aromatic rings. The average Bonchev–Trinajstić information content (AvgIpc) is 2.52. The lowest BCUT2D eigenvalue weighted by Crippen LogP contribution is -2.06. The number of aliphatic imine (C=N–C) groups is 1. The van der Waals surface area contributed by atoms with Gasteiger partial charge in [-0.15, -0.1) is 11.8 Å². The summed E-state index contributed by atoms with van der Waals surface area (Å²) in [5.74, 6) is 0.876. The molecule has 104 valence electrons. The van der Waals surface area contributed by atoms with Crippen molar-refractivity contribution in [2.75, 3.05) is 13.7 Å². The minimum absolute atomic E-state index is 0.102. The standard InChI is InChI=1S/C16H18N2OS/c1-17-15(9-11-19)14-8-5-10-18-16(14)20-12-13-6-3-2-4-7-13/h2-8,10,19H,9,11-12H2,1H3. The summed E-state index contributed by atoms with van der Waals surface area (Å²) >= 11 is 1.70. The molecule has 2 rings (SSSR count). The number of thioether (sulfide) groups is 1. The van der Waals surface area contributed by atoms with Gasteiger partial charge in [0.1, 0.15) is 5.03 Å². The largest absolute Gasteiger partial charge is 0.396 e. The Labute approximate surface area is 123 Å². The molecule has 0 atom stereocenters. The molecule has 0 aliphatic carbocycles. The Morgan fingerprint density at radius 3 is 2.70 bits per heavy atom. The van der Waals surface area contributed by atoms with Crippen LogP contribution in [0.3, 0.4) is 0 Å². The topological polar surface area (TPSA) is 45.5 Å². The van der Waals surface area contributed by atoms with Gasteiger partial charge in [0.05, 0.1) is 0 Å². The number of aliphatic hydroxyl groups excluding tert-OH is 1. The van der Waals surface area contributed by atoms with Gasteiger partial charge in [-0.05, 0) is 17.7 Å². The van der Waals surface area contributed by atoms with Gasteiger partial charge in [0.2, 0.25) is 0 Å². The van der Waals surface area contributed by atoms with Gasteiger partial charge in [-0.25, -0.2) is 4.98 Å². The maximum atomic E-state index is 9.12. The second-order valence-corrected chi connectivity index (χ2v) is 5.24. The van der Waals surface area contributed by atoms with Gasteiger partial charge >= 0.3 is 0 Å². The molecule has 0 unspecified atom stereocenters. The van der Waals surface area contributed by atoms with E-state index in [2.05, 4.69) is 22.1 Å². The number of rotatable bonds is 6. The first kappa shape index (κ1) is 14.8. The first-order valence-electron chi connectivity index (χ1n) is 6.53. The maximum Gasteiger partial charge on any atom is 0.105 e. The van der Waals surface area contributed by atoms with E-state index in [9.17, 15) is 0 Å². The van der Waals surface area contributed by atoms with E-state index in [4.69, 9.17) is 5.11 Å². The number of aromatic nitrogens is 1. The molecule has 4 heteroatoms. The number of aliphatic hydroxyl groups is 1. The highest BCUT2D eigenvalue weighted by Gasteiger charge is 2.10. The van der Waals surface area contributed by atoms with Crippen molar-refractivity contribution < 1.29 is 5.11 Å². The van der Waals surface area contributed by atoms with E-state index in [1.54, 1.807) is 25.0 Å². The second kappa shape index (κ2) is 7.82. The first-order valence-corrected chi connectivity index (χ1v) is 7.52. The van der Waals surface area contributed by atoms with Crippen molar-refractivity contribution >= 4 is 17.5 Å². The van der Waals surface area contributed by atoms with E-state index >= 15 is 0 Å². The van der Waals surface area contributed by atoms with E-state index in [0.29, 0.717) is 6.42 Å². The molecular formula is C16H18N2OS. The van der Waals surface area contributed by atoms with Crippen LogP contribution in [0.5, 0.6) is 0 Å². The Morgan fingerprint density at radius 2 is 2.00 bits per heavy atom. The van der Waals surface area contributed by atoms with Crippen LogP contribution in [0.1, 0.15) is 17.5 Å². The average molecular weight is 286 g/mol. The molecule has 0 spiro atoms. The Balaban J connectivity index is 2.16. The number of nitrogens with zero attached hydrogens (tertiary/aromatic N) is 2. The van der Waals surface area contributed by atoms with Crippen LogP contribution < -0.4 is 0 Å². The van der Waals surface area contributed by atoms with Crippen molar-refractivity contribution in [2.24, 2.45) is 4.99 Å². The lowest BCUT2D eigenvalue weighted by atomic mass is 10.1. The summed E-state index contributed by atoms with van der Waals surface area (Å²) in [6.07, 6.45) is 2.35. The van der Waals surface area contributed by atoms with Crippen LogP contribution in [-0.4, -0.2) is 29.5 Å². The van der Waals surface area contributed by atoms with E-state index in [1.165, 1.54) is 5.56 Å². The van der Waals surface area contributed by atoms with Crippen molar-refractivity contribution in [3.8, 4) is 0 Å². The van der Waals surface area contributed by atoms with Crippen LogP contribution in [0.25, 0.3) is 0 Å². The summed E-state index contributed by atoms with van der Waals surface area (Å²) in [6, 6.07) is 14.2. The molecule has 0 saturated carbocycles. The third kappa shape index (κ3) is 3.92. The summed E-state index contributed by atoms with van der Waals surface area (Å²) in [6.45, 7) is 0.102. The molecule has 0 saturated heterocycles. The second-order valence-electron chi connectivity index (χ2n) is 4.27. The van der Waals surface area contributed by atoms with Gasteiger partial charge in [0.15, 0.2) is 0 Å². The molecule has 1 N–H and O–H groups in total. The third-order valence-corrected chi connectivity index (χ3v) is 4.00. The molecule has 1 aromatic heterocycles. The first-order chi connectivity index (χ1) is 9.85. The number of pyridine rings is 1. The number of hydrogen-bond donors (Lipinski definition) is 1. The molecule has 1 aromatic carbocycles. The Bertz CT molecular complexity index is 570. The SMILES string of the molecule is CN=C(CCO)c1cccnc1SCc1ccccc1. The molecule has 0 fully saturated rings. The fourth-order valence-corrected chi connectivity index (χ4v) is 2.90. The molecule has 0 aliphatic heterocycles. The minimum Gasteiger partial charge on any atom is -0.396 e. The van der Waals surface area contributed by atoms with Crippen molar-refractivity contribution in [2.45, 2.75) is 17.2 Å². The monoisotopic (exact) mass is 286 g/mol. The smallest absolute Gasteiger partial charge is 0.105 e. The van der Waals surface area contributed by atoms with E-state index in [0.717, 1.165) is 22.1 Å². The predicted octanol–water partition coefficient (Wildman–Crippen LogP) is 3.18. The van der Waals surface area contributed by atoms with Crippen LogP contribution in [0.4, 0.5) is 0 Å². The van der Waals surface area contributed by atoms with E-state index in [1.807, 2.05) is 30.3 Å². The van der Waals surface area contributed by atoms with Crippen LogP contribution in [0, 0.1) is 0 Å². The molecule has 0 radical (unpaired) electrons. The van der Waals surface area contributed by atoms with Crippen LogP contribution >= 0.6 is 11.8 Å². The highest BCUT2D eigenvalue weighted by molar-refractivity contribution is 7.98. The zero-order chi connectivity index (χ0) is 14.2. The van der Waals surface area contributed by atoms with Crippen molar-refractivity contribution in [3.05, 3.63) is 59.8 Å². The summed E-state index contributed by atoms with van der Waals surface area (Å²) in [5, 5.41) is 10.1. The predicted molar refractivity (Wildman–Crippen MR) is 84.4 cm³/mol. The van der Waals surface area contributed by atoms with Crippen molar-refractivity contribution in [1.29, 1.82) is 0 Å². The van der Waals surface area contributed by atoms with Crippen LogP contribution in [0.2, 0.25) is 0 Å². The van der Waals surface area contributed by atoms with E-state index < -0.39 is 0 Å². The van der Waals surface area contributed by atoms with Gasteiger partial charge in [-0.1, -0.05) is 30.3 Å². The Kier molecular flexibility index (Phi) is 5.77. The maximum absolute atomic E-state index is 9.12. The molecule has 20 heavy (non-hydrogen) atoms. The Morgan fingerprint density at radius 1 is 1.20 bits per heavy atom. The molecule has 1 heterocycles. The van der Waals surface area contributed by atoms with Gasteiger partial charge in [-0.2, -0.15) is 0 Å². The molecule has 0 amide bonds. The molecular weight excluding hydrogens is 268 g/mol. The quantitative estimate of drug-likeness (QED) is 0.655. The van der Waals surface area contributed by atoms with E-state index in [-0.39, 0.29) is 6.61 Å². The summed E-state index contributed by atoms with van der Waals surface area (Å²) in [4.78, 5) is 8.71. The third-order valence-electron chi connectivity index (χ3n) is 2.92. The zero-order valence-corrected chi connectivity index (χ0v) is 12.3. The number of hydrogen-bond acceptors (Lipinski definition) is 4. The lowest BCUT2D eigenvalue weighted by Gasteiger charge is -2.09. The zero-order valence-electron chi connectivity index (χ0n) is 11.5. The van der Waals surface area contributed by atoms with Crippen LogP contribution in [0.15, 0.2) is 58.7 Å². The van der Waals surface area contributed by atoms with Gasteiger partial charge in [0, 0.05) is 43.3 Å². The van der Waals surface area contributed by atoms with Crippen LogP contribution in [-0.2, 0) is 5.75 Å². The molecule has 0 aliphatic rings. The molecule has 3 nitrogen and oxygen atoms in total. The van der Waals surface area contributed by atoms with Gasteiger partial charge < -0.3 is 5.11 Å². The highest BCUT2D eigenvalue weighted by atomic mass is 32.2. The summed E-state index contributed by atoms with van der Waals surface area (Å²) < 4.78 is 0. The summed E-state index contributed by atoms with van der Waals surface area (Å²) in [5.41, 5.74) is 3.19. The Hall–Kier alpha value is -1.65. The number of benzene rings is 1. The van der Waals surface area contributed by atoms with Crippen molar-refractivity contribution in [1.82, 2.24) is 4.98 Å². The molecule has 0 bridgehead atoms. The van der Waals surface area contributed by atoms with Crippen molar-refractivity contribution in [3.63, 3.8) is 0 Å². The normalized spacial score (nSPS) is 11.6. The van der Waals surface area contributed by atoms with Gasteiger partial charge in [0.25, 0.3) is 0 Å². The highest BCUT2D eigenvalue weighted by Crippen LogP contribution is 2.25. The lowest BCUT2D eigenvalue weighted by molar-refractivity contribution is 0.307. The fourth-order valence-electron chi connectivity index (χ4n) is 1.92. The minimum atomic E-state index is 0.102.